The largest absolute Gasteiger partial charge is 0.333 e. The first-order valence-corrected chi connectivity index (χ1v) is 5.69. The molecule has 86 valence electrons. The third-order valence-electron chi connectivity index (χ3n) is 3.49. The molecule has 1 aromatic carbocycles. The summed E-state index contributed by atoms with van der Waals surface area (Å²) in [5, 5.41) is 0. The minimum Gasteiger partial charge on any atom is -0.333 e. The van der Waals surface area contributed by atoms with Gasteiger partial charge in [-0.05, 0) is 7.05 Å². The van der Waals surface area contributed by atoms with Crippen molar-refractivity contribution in [2.45, 2.75) is 12.8 Å². The molecule has 0 radical (unpaired) electrons. The maximum Gasteiger partial charge on any atom is 0.258 e. The molecule has 0 saturated carbocycles. The van der Waals surface area contributed by atoms with Crippen molar-refractivity contribution in [3.8, 4) is 0 Å². The molecule has 3 saturated heterocycles. The molecule has 0 aliphatic carbocycles. The van der Waals surface area contributed by atoms with E-state index < -0.39 is 5.91 Å². The van der Waals surface area contributed by atoms with Crippen molar-refractivity contribution >= 4 is 0 Å². The Morgan fingerprint density at radius 3 is 2.31 bits per heavy atom. The summed E-state index contributed by atoms with van der Waals surface area (Å²) in [6.07, 6.45) is 0. The fraction of sp³-hybridized carbons (Fsp3) is 0.538. The second-order valence-electron chi connectivity index (χ2n) is 5.19. The zero-order valence-corrected chi connectivity index (χ0v) is 9.77. The fourth-order valence-electron chi connectivity index (χ4n) is 2.65. The average Bonchev–Trinajstić information content (AvgIpc) is 2.30. The summed E-state index contributed by atoms with van der Waals surface area (Å²) in [5.41, 5.74) is 1.23. The van der Waals surface area contributed by atoms with Gasteiger partial charge in [0.25, 0.3) is 5.91 Å². The van der Waals surface area contributed by atoms with Crippen LogP contribution in [0.2, 0.25) is 0 Å². The Labute approximate surface area is 96.0 Å². The standard InChI is InChI=1S/C13H17NO2/c1-12-8-14(2)13(15-9-12,16-10-12)11-6-4-3-5-7-11/h3-7H,8-10H2,1-2H3. The molecular formula is C13H17NO2. The van der Waals surface area contributed by atoms with E-state index in [9.17, 15) is 0 Å². The molecule has 3 nitrogen and oxygen atoms in total. The summed E-state index contributed by atoms with van der Waals surface area (Å²) in [6.45, 7) is 4.76. The monoisotopic (exact) mass is 219 g/mol. The molecule has 2 bridgehead atoms. The van der Waals surface area contributed by atoms with E-state index >= 15 is 0 Å². The Morgan fingerprint density at radius 2 is 1.75 bits per heavy atom. The number of hydrogen-bond acceptors (Lipinski definition) is 3. The van der Waals surface area contributed by atoms with Gasteiger partial charge in [0.15, 0.2) is 0 Å². The van der Waals surface area contributed by atoms with Crippen molar-refractivity contribution in [2.24, 2.45) is 5.41 Å². The average molecular weight is 219 g/mol. The van der Waals surface area contributed by atoms with Gasteiger partial charge in [-0.15, -0.1) is 0 Å². The van der Waals surface area contributed by atoms with Crippen LogP contribution in [0.15, 0.2) is 30.3 Å². The van der Waals surface area contributed by atoms with Gasteiger partial charge in [0, 0.05) is 17.5 Å². The van der Waals surface area contributed by atoms with Crippen LogP contribution in [0.5, 0.6) is 0 Å². The van der Waals surface area contributed by atoms with Gasteiger partial charge < -0.3 is 9.47 Å². The highest BCUT2D eigenvalue weighted by Gasteiger charge is 2.53. The van der Waals surface area contributed by atoms with Gasteiger partial charge >= 0.3 is 0 Å². The normalized spacial score (nSPS) is 38.9. The first kappa shape index (κ1) is 10.3. The quantitative estimate of drug-likeness (QED) is 0.719. The lowest BCUT2D eigenvalue weighted by Gasteiger charge is -2.56. The Balaban J connectivity index is 2.00. The smallest absolute Gasteiger partial charge is 0.258 e. The second-order valence-corrected chi connectivity index (χ2v) is 5.19. The Kier molecular flexibility index (Phi) is 2.11. The summed E-state index contributed by atoms with van der Waals surface area (Å²) in [6, 6.07) is 10.2. The van der Waals surface area contributed by atoms with E-state index in [0.717, 1.165) is 25.3 Å². The van der Waals surface area contributed by atoms with Gasteiger partial charge in [-0.2, -0.15) is 0 Å². The van der Waals surface area contributed by atoms with Gasteiger partial charge in [0.05, 0.1) is 13.2 Å². The van der Waals surface area contributed by atoms with E-state index in [1.807, 2.05) is 18.2 Å². The van der Waals surface area contributed by atoms with Crippen LogP contribution < -0.4 is 0 Å². The van der Waals surface area contributed by atoms with Crippen LogP contribution in [0.4, 0.5) is 0 Å². The fourth-order valence-corrected chi connectivity index (χ4v) is 2.65. The summed E-state index contributed by atoms with van der Waals surface area (Å²) in [4.78, 5) is 2.16. The van der Waals surface area contributed by atoms with Crippen LogP contribution in [0.1, 0.15) is 12.5 Å². The van der Waals surface area contributed by atoms with Crippen molar-refractivity contribution in [1.82, 2.24) is 4.90 Å². The van der Waals surface area contributed by atoms with E-state index in [0.29, 0.717) is 0 Å². The van der Waals surface area contributed by atoms with E-state index in [1.165, 1.54) is 0 Å². The first-order valence-electron chi connectivity index (χ1n) is 5.69. The van der Waals surface area contributed by atoms with Crippen LogP contribution in [0.3, 0.4) is 0 Å². The summed E-state index contributed by atoms with van der Waals surface area (Å²) in [7, 11) is 2.06. The van der Waals surface area contributed by atoms with E-state index in [-0.39, 0.29) is 5.41 Å². The molecule has 0 spiro atoms. The molecule has 4 rings (SSSR count). The second kappa shape index (κ2) is 3.29. The van der Waals surface area contributed by atoms with Crippen LogP contribution in [0, 0.1) is 5.41 Å². The zero-order valence-electron chi connectivity index (χ0n) is 9.77. The van der Waals surface area contributed by atoms with Crippen LogP contribution >= 0.6 is 0 Å². The highest BCUT2D eigenvalue weighted by molar-refractivity contribution is 5.21. The van der Waals surface area contributed by atoms with Gasteiger partial charge in [-0.25, -0.2) is 0 Å². The third-order valence-corrected chi connectivity index (χ3v) is 3.49. The topological polar surface area (TPSA) is 21.7 Å². The predicted octanol–water partition coefficient (Wildman–Crippen LogP) is 1.80. The lowest BCUT2D eigenvalue weighted by atomic mass is 9.87. The van der Waals surface area contributed by atoms with Gasteiger partial charge in [-0.3, -0.25) is 4.90 Å². The number of ether oxygens (including phenoxy) is 2. The van der Waals surface area contributed by atoms with E-state index in [1.54, 1.807) is 0 Å². The molecule has 3 heteroatoms. The van der Waals surface area contributed by atoms with Crippen LogP contribution in [-0.4, -0.2) is 31.7 Å². The third kappa shape index (κ3) is 1.32. The first-order chi connectivity index (χ1) is 7.65. The molecule has 0 atom stereocenters. The predicted molar refractivity (Wildman–Crippen MR) is 60.8 cm³/mol. The van der Waals surface area contributed by atoms with Crippen molar-refractivity contribution in [2.75, 3.05) is 26.8 Å². The number of fused-ring (bicyclic) bond motifs is 3. The Hall–Kier alpha value is -0.900. The van der Waals surface area contributed by atoms with Crippen molar-refractivity contribution in [1.29, 1.82) is 0 Å². The lowest BCUT2D eigenvalue weighted by Crippen LogP contribution is -2.65. The minimum atomic E-state index is -0.654. The van der Waals surface area contributed by atoms with Gasteiger partial charge in [0.2, 0.25) is 0 Å². The summed E-state index contributed by atoms with van der Waals surface area (Å²) < 4.78 is 11.9. The molecule has 0 N–H and O–H groups in total. The van der Waals surface area contributed by atoms with E-state index in [2.05, 4.69) is 31.0 Å². The molecular weight excluding hydrogens is 202 g/mol. The molecule has 0 unspecified atom stereocenters. The molecule has 1 aromatic rings. The lowest BCUT2D eigenvalue weighted by molar-refractivity contribution is -0.412. The molecule has 3 heterocycles. The SMILES string of the molecule is CN1CC2(C)COC1(c1ccccc1)OC2. The van der Waals surface area contributed by atoms with Crippen molar-refractivity contribution in [3.05, 3.63) is 35.9 Å². The number of hydrogen-bond donors (Lipinski definition) is 0. The number of rotatable bonds is 1. The highest BCUT2D eigenvalue weighted by atomic mass is 16.7. The molecule has 0 amide bonds. The molecule has 3 aliphatic rings. The molecule has 3 aliphatic heterocycles. The summed E-state index contributed by atoms with van der Waals surface area (Å²) >= 11 is 0. The highest BCUT2D eigenvalue weighted by Crippen LogP contribution is 2.44. The van der Waals surface area contributed by atoms with Crippen molar-refractivity contribution < 1.29 is 9.47 Å². The Morgan fingerprint density at radius 1 is 1.12 bits per heavy atom. The molecule has 3 fully saturated rings. The zero-order chi connectivity index (χ0) is 11.2. The number of benzene rings is 1. The summed E-state index contributed by atoms with van der Waals surface area (Å²) in [5.74, 6) is -0.654. The van der Waals surface area contributed by atoms with Crippen molar-refractivity contribution in [3.63, 3.8) is 0 Å². The maximum absolute atomic E-state index is 5.97. The molecule has 16 heavy (non-hydrogen) atoms. The molecule has 0 aromatic heterocycles. The Bertz CT molecular complexity index is 382. The van der Waals surface area contributed by atoms with E-state index in [4.69, 9.17) is 9.47 Å². The van der Waals surface area contributed by atoms with Gasteiger partial charge in [-0.1, -0.05) is 37.3 Å². The maximum atomic E-state index is 5.97. The van der Waals surface area contributed by atoms with Crippen LogP contribution in [0.25, 0.3) is 0 Å². The van der Waals surface area contributed by atoms with Crippen LogP contribution in [-0.2, 0) is 15.4 Å². The van der Waals surface area contributed by atoms with Gasteiger partial charge in [0.1, 0.15) is 0 Å². The minimum absolute atomic E-state index is 0.144. The number of nitrogens with zero attached hydrogens (tertiary/aromatic N) is 1.